The SMILES string of the molecule is COc1ccc2cc([C@@H](C)C(=O)OCC(=O)Nc3ccc4c(c3)OCCO4)ccc2c1. The Balaban J connectivity index is 1.34. The van der Waals surface area contributed by atoms with Crippen LogP contribution in [0.3, 0.4) is 0 Å². The lowest BCUT2D eigenvalue weighted by Crippen LogP contribution is -2.23. The van der Waals surface area contributed by atoms with Gasteiger partial charge in [-0.05, 0) is 47.5 Å². The Labute approximate surface area is 179 Å². The molecule has 3 aromatic rings. The van der Waals surface area contributed by atoms with Gasteiger partial charge >= 0.3 is 5.97 Å². The average Bonchev–Trinajstić information content (AvgIpc) is 2.81. The highest BCUT2D eigenvalue weighted by Crippen LogP contribution is 2.32. The van der Waals surface area contributed by atoms with Gasteiger partial charge in [0.05, 0.1) is 13.0 Å². The van der Waals surface area contributed by atoms with Gasteiger partial charge in [-0.2, -0.15) is 0 Å². The number of benzene rings is 3. The van der Waals surface area contributed by atoms with Crippen LogP contribution in [0.4, 0.5) is 5.69 Å². The van der Waals surface area contributed by atoms with Crippen molar-refractivity contribution < 1.29 is 28.5 Å². The molecule has 3 aromatic carbocycles. The Kier molecular flexibility index (Phi) is 5.93. The summed E-state index contributed by atoms with van der Waals surface area (Å²) in [5, 5.41) is 4.71. The van der Waals surface area contributed by atoms with Gasteiger partial charge in [-0.25, -0.2) is 0 Å². The smallest absolute Gasteiger partial charge is 0.313 e. The van der Waals surface area contributed by atoms with E-state index < -0.39 is 17.8 Å². The fourth-order valence-electron chi connectivity index (χ4n) is 3.35. The highest BCUT2D eigenvalue weighted by molar-refractivity contribution is 5.94. The fourth-order valence-corrected chi connectivity index (χ4v) is 3.35. The molecular formula is C24H23NO6. The molecule has 0 radical (unpaired) electrons. The normalized spacial score (nSPS) is 13.4. The molecule has 0 saturated carbocycles. The summed E-state index contributed by atoms with van der Waals surface area (Å²) in [7, 11) is 1.62. The third-order valence-corrected chi connectivity index (χ3v) is 5.10. The molecule has 4 rings (SSSR count). The van der Waals surface area contributed by atoms with Gasteiger partial charge in [-0.3, -0.25) is 9.59 Å². The van der Waals surface area contributed by atoms with Crippen molar-refractivity contribution in [2.45, 2.75) is 12.8 Å². The van der Waals surface area contributed by atoms with Crippen molar-refractivity contribution >= 4 is 28.3 Å². The van der Waals surface area contributed by atoms with Crippen LogP contribution in [0.15, 0.2) is 54.6 Å². The van der Waals surface area contributed by atoms with Crippen LogP contribution in [0.1, 0.15) is 18.4 Å². The van der Waals surface area contributed by atoms with Crippen molar-refractivity contribution in [1.29, 1.82) is 0 Å². The van der Waals surface area contributed by atoms with Gasteiger partial charge in [0.1, 0.15) is 19.0 Å². The minimum absolute atomic E-state index is 0.373. The summed E-state index contributed by atoms with van der Waals surface area (Å²) in [6, 6.07) is 16.6. The van der Waals surface area contributed by atoms with Crippen LogP contribution in [0.2, 0.25) is 0 Å². The van der Waals surface area contributed by atoms with Gasteiger partial charge < -0.3 is 24.3 Å². The van der Waals surface area contributed by atoms with Crippen LogP contribution in [0, 0.1) is 0 Å². The second kappa shape index (κ2) is 8.95. The standard InChI is InChI=1S/C24H23NO6/c1-15(16-3-4-18-12-20(28-2)7-5-17(18)11-16)24(27)31-14-23(26)25-19-6-8-21-22(13-19)30-10-9-29-21/h3-8,11-13,15H,9-10,14H2,1-2H3,(H,25,26)/t15-/m1/s1. The number of carbonyl (C=O) groups excluding carboxylic acids is 2. The zero-order valence-corrected chi connectivity index (χ0v) is 17.3. The maximum absolute atomic E-state index is 12.5. The summed E-state index contributed by atoms with van der Waals surface area (Å²) >= 11 is 0. The predicted octanol–water partition coefficient (Wildman–Crippen LogP) is 3.91. The first-order valence-corrected chi connectivity index (χ1v) is 9.97. The minimum Gasteiger partial charge on any atom is -0.497 e. The number of esters is 1. The Hall–Kier alpha value is -3.74. The van der Waals surface area contributed by atoms with Crippen LogP contribution < -0.4 is 19.5 Å². The molecular weight excluding hydrogens is 398 g/mol. The zero-order chi connectivity index (χ0) is 21.8. The first-order chi connectivity index (χ1) is 15.0. The second-order valence-corrected chi connectivity index (χ2v) is 7.21. The molecule has 0 aliphatic carbocycles. The number of hydrogen-bond donors (Lipinski definition) is 1. The molecule has 0 unspecified atom stereocenters. The highest BCUT2D eigenvalue weighted by Gasteiger charge is 2.19. The summed E-state index contributed by atoms with van der Waals surface area (Å²) in [5.41, 5.74) is 1.36. The van der Waals surface area contributed by atoms with Crippen molar-refractivity contribution in [3.8, 4) is 17.2 Å². The molecule has 0 fully saturated rings. The predicted molar refractivity (Wildman–Crippen MR) is 116 cm³/mol. The van der Waals surface area contributed by atoms with E-state index in [1.54, 1.807) is 32.2 Å². The first kappa shape index (κ1) is 20.5. The van der Waals surface area contributed by atoms with Crippen molar-refractivity contribution in [1.82, 2.24) is 0 Å². The van der Waals surface area contributed by atoms with E-state index in [4.69, 9.17) is 18.9 Å². The molecule has 31 heavy (non-hydrogen) atoms. The number of amides is 1. The van der Waals surface area contributed by atoms with Crippen molar-refractivity contribution in [3.63, 3.8) is 0 Å². The third-order valence-electron chi connectivity index (χ3n) is 5.10. The Morgan fingerprint density at radius 1 is 0.968 bits per heavy atom. The molecule has 1 aliphatic rings. The van der Waals surface area contributed by atoms with Gasteiger partial charge in [0.15, 0.2) is 18.1 Å². The molecule has 1 atom stereocenters. The summed E-state index contributed by atoms with van der Waals surface area (Å²) in [6.45, 7) is 2.34. The fraction of sp³-hybridized carbons (Fsp3) is 0.250. The van der Waals surface area contributed by atoms with Gasteiger partial charge in [0.25, 0.3) is 5.91 Å². The Bertz CT molecular complexity index is 1130. The Morgan fingerprint density at radius 3 is 2.52 bits per heavy atom. The van der Waals surface area contributed by atoms with Gasteiger partial charge in [-0.15, -0.1) is 0 Å². The van der Waals surface area contributed by atoms with Gasteiger partial charge in [0, 0.05) is 11.8 Å². The molecule has 160 valence electrons. The van der Waals surface area contributed by atoms with Gasteiger partial charge in [-0.1, -0.05) is 24.3 Å². The topological polar surface area (TPSA) is 83.1 Å². The van der Waals surface area contributed by atoms with E-state index in [9.17, 15) is 9.59 Å². The van der Waals surface area contributed by atoms with Crippen LogP contribution in [0.5, 0.6) is 17.2 Å². The summed E-state index contributed by atoms with van der Waals surface area (Å²) in [4.78, 5) is 24.7. The molecule has 0 saturated heterocycles. The first-order valence-electron chi connectivity index (χ1n) is 9.97. The van der Waals surface area contributed by atoms with Crippen LogP contribution >= 0.6 is 0 Å². The maximum atomic E-state index is 12.5. The molecule has 0 aromatic heterocycles. The lowest BCUT2D eigenvalue weighted by Gasteiger charge is -2.19. The number of ether oxygens (including phenoxy) is 4. The summed E-state index contributed by atoms with van der Waals surface area (Å²) in [6.07, 6.45) is 0. The molecule has 7 nitrogen and oxygen atoms in total. The third kappa shape index (κ3) is 4.71. The molecule has 1 amide bonds. The minimum atomic E-state index is -0.506. The largest absolute Gasteiger partial charge is 0.497 e. The quantitative estimate of drug-likeness (QED) is 0.608. The van der Waals surface area contributed by atoms with E-state index >= 15 is 0 Å². The van der Waals surface area contributed by atoms with E-state index in [2.05, 4.69) is 5.32 Å². The summed E-state index contributed by atoms with van der Waals surface area (Å²) < 4.78 is 21.4. The number of rotatable bonds is 6. The zero-order valence-electron chi connectivity index (χ0n) is 17.3. The number of hydrogen-bond acceptors (Lipinski definition) is 6. The molecule has 1 N–H and O–H groups in total. The van der Waals surface area contributed by atoms with E-state index in [1.165, 1.54) is 0 Å². The van der Waals surface area contributed by atoms with Crippen molar-refractivity contribution in [2.75, 3.05) is 32.2 Å². The highest BCUT2D eigenvalue weighted by atomic mass is 16.6. The van der Waals surface area contributed by atoms with Crippen molar-refractivity contribution in [3.05, 3.63) is 60.2 Å². The van der Waals surface area contributed by atoms with E-state index in [1.807, 2.05) is 36.4 Å². The number of nitrogens with one attached hydrogen (secondary N) is 1. The molecule has 7 heteroatoms. The van der Waals surface area contributed by atoms with Crippen LogP contribution in [-0.4, -0.2) is 38.8 Å². The van der Waals surface area contributed by atoms with Gasteiger partial charge in [0.2, 0.25) is 0 Å². The van der Waals surface area contributed by atoms with Crippen LogP contribution in [-0.2, 0) is 14.3 Å². The second-order valence-electron chi connectivity index (χ2n) is 7.21. The molecule has 1 aliphatic heterocycles. The van der Waals surface area contributed by atoms with Crippen molar-refractivity contribution in [2.24, 2.45) is 0 Å². The maximum Gasteiger partial charge on any atom is 0.313 e. The molecule has 0 spiro atoms. The monoisotopic (exact) mass is 421 g/mol. The number of anilines is 1. The number of fused-ring (bicyclic) bond motifs is 2. The van der Waals surface area contributed by atoms with E-state index in [0.717, 1.165) is 22.1 Å². The summed E-state index contributed by atoms with van der Waals surface area (Å²) in [5.74, 6) is 0.584. The van der Waals surface area contributed by atoms with E-state index in [-0.39, 0.29) is 6.61 Å². The Morgan fingerprint density at radius 2 is 1.71 bits per heavy atom. The lowest BCUT2D eigenvalue weighted by molar-refractivity contribution is -0.148. The number of methoxy groups -OCH3 is 1. The average molecular weight is 421 g/mol. The molecule has 1 heterocycles. The number of carbonyl (C=O) groups is 2. The van der Waals surface area contributed by atoms with Crippen LogP contribution in [0.25, 0.3) is 10.8 Å². The lowest BCUT2D eigenvalue weighted by atomic mass is 9.98. The van der Waals surface area contributed by atoms with E-state index in [0.29, 0.717) is 30.4 Å². The molecule has 0 bridgehead atoms.